The van der Waals surface area contributed by atoms with E-state index in [1.54, 1.807) is 12.4 Å². The number of hydrogen-bond acceptors (Lipinski definition) is 20. The van der Waals surface area contributed by atoms with E-state index in [1.807, 2.05) is 72.8 Å². The lowest BCUT2D eigenvalue weighted by atomic mass is 10.2. The lowest BCUT2D eigenvalue weighted by Crippen LogP contribution is -2.15. The molecule has 0 unspecified atom stereocenters. The molecule has 20 nitrogen and oxygen atoms in total. The third-order valence-corrected chi connectivity index (χ3v) is 10.6. The Morgan fingerprint density at radius 3 is 0.676 bits per heavy atom. The molecule has 0 aromatic heterocycles. The highest BCUT2D eigenvalue weighted by Crippen LogP contribution is 2.34. The zero-order chi connectivity index (χ0) is 50.8. The van der Waals surface area contributed by atoms with Gasteiger partial charge in [-0.1, -0.05) is 0 Å². The molecule has 0 saturated heterocycles. The molecular formula is C54H70N2O18. The molecular weight excluding hydrogens is 965 g/mol. The van der Waals surface area contributed by atoms with Crippen LogP contribution in [0.25, 0.3) is 0 Å². The minimum atomic E-state index is 0.279. The maximum atomic E-state index is 6.18. The lowest BCUT2D eigenvalue weighted by Gasteiger charge is -2.15. The van der Waals surface area contributed by atoms with Crippen LogP contribution in [0.5, 0.6) is 46.0 Å². The summed E-state index contributed by atoms with van der Waals surface area (Å²) < 4.78 is 105. The first-order chi connectivity index (χ1) is 36.8. The van der Waals surface area contributed by atoms with E-state index in [1.165, 1.54) is 0 Å². The van der Waals surface area contributed by atoms with Gasteiger partial charge in [0.05, 0.1) is 144 Å². The SMILES string of the molecule is C(=Nc1ccc2c(c1)OCCOCCOCCOCCO2)c1ccc2c(c1)OCCOCCOCCOc1ccc(C=Nc3ccc4c(c3)OCCOCCOCCOCCO4)cc1OCCOCCOCCO2. The summed E-state index contributed by atoms with van der Waals surface area (Å²) in [5.74, 6) is 4.52. The first-order valence-electron chi connectivity index (χ1n) is 25.2. The standard InChI is InChI=1S/C54H70N2O18/c1-5-47-51(37-43(1)41-55-45-3-7-49-53(39-45)73-35-27-63-15-11-57-9-13-59-23-31-69-49)71-33-25-65-20-18-62-22-30-68-48-6-2-44(38-52(48)72-34-26-66-19-17-61-21-29-67-47)42-56-46-4-8-50-54(40-46)74-36-28-64-16-12-58-10-14-60-24-32-70-50/h1-8,37-42H,9-36H2. The minimum Gasteiger partial charge on any atom is -0.487 e. The highest BCUT2D eigenvalue weighted by atomic mass is 16.6. The van der Waals surface area contributed by atoms with Crippen LogP contribution in [-0.2, 0) is 47.4 Å². The van der Waals surface area contributed by atoms with Gasteiger partial charge in [-0.2, -0.15) is 0 Å². The van der Waals surface area contributed by atoms with Crippen molar-refractivity contribution in [3.63, 3.8) is 0 Å². The fourth-order valence-corrected chi connectivity index (χ4v) is 7.00. The molecule has 3 heterocycles. The van der Waals surface area contributed by atoms with Gasteiger partial charge in [-0.05, 0) is 71.8 Å². The summed E-state index contributed by atoms with van der Waals surface area (Å²) in [4.78, 5) is 9.45. The van der Waals surface area contributed by atoms with E-state index in [4.69, 9.17) is 95.2 Å². The van der Waals surface area contributed by atoms with Gasteiger partial charge in [0.1, 0.15) is 52.9 Å². The fourth-order valence-electron chi connectivity index (χ4n) is 7.00. The van der Waals surface area contributed by atoms with Crippen LogP contribution < -0.4 is 37.9 Å². The predicted octanol–water partition coefficient (Wildman–Crippen LogP) is 6.13. The second-order valence-corrected chi connectivity index (χ2v) is 16.1. The van der Waals surface area contributed by atoms with Crippen LogP contribution in [0, 0.1) is 0 Å². The molecule has 0 saturated carbocycles. The summed E-state index contributed by atoms with van der Waals surface area (Å²) in [6, 6.07) is 22.3. The van der Waals surface area contributed by atoms with Gasteiger partial charge in [-0.3, -0.25) is 9.98 Å². The highest BCUT2D eigenvalue weighted by molar-refractivity contribution is 5.84. The normalized spacial score (nSPS) is 19.1. The molecule has 0 amide bonds. The number of hydrogen-bond donors (Lipinski definition) is 0. The van der Waals surface area contributed by atoms with Crippen molar-refractivity contribution < 1.29 is 85.3 Å². The van der Waals surface area contributed by atoms with Gasteiger partial charge in [0.25, 0.3) is 0 Å². The van der Waals surface area contributed by atoms with E-state index in [2.05, 4.69) is 0 Å². The van der Waals surface area contributed by atoms with Crippen molar-refractivity contribution in [3.8, 4) is 46.0 Å². The molecule has 404 valence electrons. The lowest BCUT2D eigenvalue weighted by molar-refractivity contribution is 0.00708. The summed E-state index contributed by atoms with van der Waals surface area (Å²) in [6.07, 6.45) is 3.50. The zero-order valence-corrected chi connectivity index (χ0v) is 42.1. The van der Waals surface area contributed by atoms with Gasteiger partial charge in [0.15, 0.2) is 46.0 Å². The maximum Gasteiger partial charge on any atom is 0.163 e. The molecule has 0 radical (unpaired) electrons. The summed E-state index contributed by atoms with van der Waals surface area (Å²) in [5.41, 5.74) is 2.95. The Bertz CT molecular complexity index is 2090. The van der Waals surface area contributed by atoms with Crippen molar-refractivity contribution in [1.82, 2.24) is 0 Å². The molecule has 0 N–H and O–H groups in total. The van der Waals surface area contributed by atoms with E-state index < -0.39 is 0 Å². The van der Waals surface area contributed by atoms with Crippen molar-refractivity contribution in [2.75, 3.05) is 185 Å². The van der Waals surface area contributed by atoms with E-state index in [0.29, 0.717) is 229 Å². The third-order valence-electron chi connectivity index (χ3n) is 10.6. The Balaban J connectivity index is 0.901. The van der Waals surface area contributed by atoms with E-state index >= 15 is 0 Å². The first kappa shape index (κ1) is 56.0. The maximum absolute atomic E-state index is 6.18. The summed E-state index contributed by atoms with van der Waals surface area (Å²) >= 11 is 0. The molecule has 0 atom stereocenters. The number of benzene rings is 4. The molecule has 4 aromatic carbocycles. The van der Waals surface area contributed by atoms with Gasteiger partial charge >= 0.3 is 0 Å². The molecule has 3 aliphatic rings. The zero-order valence-electron chi connectivity index (χ0n) is 42.1. The van der Waals surface area contributed by atoms with Crippen LogP contribution >= 0.6 is 0 Å². The Hall–Kier alpha value is -5.78. The topological polar surface area (TPSA) is 191 Å². The predicted molar refractivity (Wildman–Crippen MR) is 272 cm³/mol. The fraction of sp³-hybridized carbons (Fsp3) is 0.519. The Morgan fingerprint density at radius 2 is 0.419 bits per heavy atom. The van der Waals surface area contributed by atoms with Crippen LogP contribution in [-0.4, -0.2) is 197 Å². The van der Waals surface area contributed by atoms with E-state index in [9.17, 15) is 0 Å². The first-order valence-corrected chi connectivity index (χ1v) is 25.2. The number of rotatable bonds is 4. The molecule has 0 spiro atoms. The van der Waals surface area contributed by atoms with E-state index in [-0.39, 0.29) is 13.2 Å². The second kappa shape index (κ2) is 34.7. The highest BCUT2D eigenvalue weighted by Gasteiger charge is 2.13. The van der Waals surface area contributed by atoms with Crippen molar-refractivity contribution in [2.24, 2.45) is 9.98 Å². The average molecular weight is 1040 g/mol. The number of aliphatic imine (C=N–C) groups is 2. The summed E-state index contributed by atoms with van der Waals surface area (Å²) in [6.45, 7) is 11.0. The smallest absolute Gasteiger partial charge is 0.163 e. The summed E-state index contributed by atoms with van der Waals surface area (Å²) in [5, 5.41) is 0. The van der Waals surface area contributed by atoms with Crippen LogP contribution in [0.3, 0.4) is 0 Å². The van der Waals surface area contributed by atoms with Crippen molar-refractivity contribution in [3.05, 3.63) is 83.9 Å². The van der Waals surface area contributed by atoms with Crippen LogP contribution in [0.4, 0.5) is 11.4 Å². The van der Waals surface area contributed by atoms with Crippen molar-refractivity contribution in [2.45, 2.75) is 0 Å². The molecule has 0 fully saturated rings. The van der Waals surface area contributed by atoms with Gasteiger partial charge in [0.2, 0.25) is 0 Å². The number of fused-ring (bicyclic) bond motifs is 4. The second-order valence-electron chi connectivity index (χ2n) is 16.1. The quantitative estimate of drug-likeness (QED) is 0.212. The third kappa shape index (κ3) is 21.6. The van der Waals surface area contributed by atoms with E-state index in [0.717, 1.165) is 11.1 Å². The van der Waals surface area contributed by atoms with Gasteiger partial charge < -0.3 is 85.3 Å². The van der Waals surface area contributed by atoms with Crippen LogP contribution in [0.15, 0.2) is 82.8 Å². The molecule has 3 aliphatic heterocycles. The van der Waals surface area contributed by atoms with Gasteiger partial charge in [-0.15, -0.1) is 0 Å². The van der Waals surface area contributed by atoms with Crippen molar-refractivity contribution in [1.29, 1.82) is 0 Å². The molecule has 7 rings (SSSR count). The molecule has 4 aromatic rings. The number of ether oxygens (including phenoxy) is 18. The van der Waals surface area contributed by atoms with Gasteiger partial charge in [0, 0.05) is 24.6 Å². The monoisotopic (exact) mass is 1030 g/mol. The average Bonchev–Trinajstić information content (AvgIpc) is 3.43. The molecule has 20 heteroatoms. The Morgan fingerprint density at radius 1 is 0.216 bits per heavy atom. The Kier molecular flexibility index (Phi) is 26.2. The molecule has 74 heavy (non-hydrogen) atoms. The minimum absolute atomic E-state index is 0.279. The molecule has 0 aliphatic carbocycles. The molecule has 0 bridgehead atoms. The van der Waals surface area contributed by atoms with Crippen LogP contribution in [0.2, 0.25) is 0 Å². The van der Waals surface area contributed by atoms with Crippen LogP contribution in [0.1, 0.15) is 11.1 Å². The number of nitrogens with zero attached hydrogens (tertiary/aromatic N) is 2. The van der Waals surface area contributed by atoms with Gasteiger partial charge in [-0.25, -0.2) is 0 Å². The summed E-state index contributed by atoms with van der Waals surface area (Å²) in [7, 11) is 0. The van der Waals surface area contributed by atoms with Crippen molar-refractivity contribution >= 4 is 23.8 Å². The largest absolute Gasteiger partial charge is 0.487 e. The Labute approximate surface area is 432 Å².